The number of aliphatic hydroxyl groups excluding tert-OH is 2. The lowest BCUT2D eigenvalue weighted by atomic mass is 9.79. The molecule has 29 heavy (non-hydrogen) atoms. The number of carbonyl (C=O) groups is 1. The zero-order valence-corrected chi connectivity index (χ0v) is 17.2. The predicted octanol–water partition coefficient (Wildman–Crippen LogP) is 2.15. The summed E-state index contributed by atoms with van der Waals surface area (Å²) in [5.41, 5.74) is 2.19. The normalized spacial score (nSPS) is 19.5. The monoisotopic (exact) mass is 401 g/mol. The molecule has 2 atom stereocenters. The number of carbonyl (C=O) groups excluding carboxylic acids is 1. The molecule has 2 heterocycles. The molecule has 0 radical (unpaired) electrons. The van der Waals surface area contributed by atoms with Crippen LogP contribution in [0, 0.1) is 12.7 Å². The van der Waals surface area contributed by atoms with E-state index in [-0.39, 0.29) is 24.4 Å². The number of β-amino-alcohol motifs (C(OH)–C–C–N with tert-alkyl or cyclic N) is 1. The molecule has 156 valence electrons. The van der Waals surface area contributed by atoms with Gasteiger partial charge in [-0.1, -0.05) is 6.07 Å². The smallest absolute Gasteiger partial charge is 0.229 e. The number of nitrogens with zero attached hydrogens (tertiary/aromatic N) is 2. The topological polar surface area (TPSA) is 85.7 Å². The molecule has 1 saturated heterocycles. The molecular weight excluding hydrogens is 373 g/mol. The third-order valence-electron chi connectivity index (χ3n) is 5.73. The molecule has 6 nitrogen and oxygen atoms in total. The minimum absolute atomic E-state index is 0.0882. The summed E-state index contributed by atoms with van der Waals surface area (Å²) < 4.78 is 13.7. The van der Waals surface area contributed by atoms with Crippen LogP contribution in [0.5, 0.6) is 0 Å². The molecular formula is C22H28FN3O3. The van der Waals surface area contributed by atoms with Crippen molar-refractivity contribution in [3.05, 3.63) is 47.4 Å². The Morgan fingerprint density at radius 2 is 2.07 bits per heavy atom. The van der Waals surface area contributed by atoms with Crippen molar-refractivity contribution in [2.75, 3.05) is 25.1 Å². The first-order valence-corrected chi connectivity index (χ1v) is 9.73. The minimum atomic E-state index is -0.864. The number of aryl methyl sites for hydroxylation is 1. The molecule has 0 aliphatic carbocycles. The van der Waals surface area contributed by atoms with Crippen molar-refractivity contribution >= 4 is 11.7 Å². The van der Waals surface area contributed by atoms with Gasteiger partial charge in [0.05, 0.1) is 24.2 Å². The van der Waals surface area contributed by atoms with Crippen molar-refractivity contribution in [2.45, 2.75) is 44.8 Å². The predicted molar refractivity (Wildman–Crippen MR) is 110 cm³/mol. The van der Waals surface area contributed by atoms with Gasteiger partial charge in [-0.2, -0.15) is 0 Å². The van der Waals surface area contributed by atoms with Crippen LogP contribution in [0.1, 0.15) is 31.4 Å². The highest BCUT2D eigenvalue weighted by Crippen LogP contribution is 2.38. The van der Waals surface area contributed by atoms with Gasteiger partial charge in [-0.25, -0.2) is 9.37 Å². The van der Waals surface area contributed by atoms with Crippen LogP contribution in [0.4, 0.5) is 10.2 Å². The Kier molecular flexibility index (Phi) is 5.91. The quantitative estimate of drug-likeness (QED) is 0.715. The summed E-state index contributed by atoms with van der Waals surface area (Å²) in [5, 5.41) is 22.4. The number of aromatic nitrogens is 1. The molecule has 2 aromatic rings. The average Bonchev–Trinajstić information content (AvgIpc) is 3.07. The van der Waals surface area contributed by atoms with E-state index in [1.807, 2.05) is 31.7 Å². The van der Waals surface area contributed by atoms with Crippen molar-refractivity contribution in [3.63, 3.8) is 0 Å². The number of nitrogens with one attached hydrogen (secondary N) is 1. The van der Waals surface area contributed by atoms with E-state index in [1.54, 1.807) is 19.3 Å². The lowest BCUT2D eigenvalue weighted by Gasteiger charge is -2.29. The van der Waals surface area contributed by atoms with Gasteiger partial charge < -0.3 is 20.4 Å². The number of benzene rings is 1. The number of anilines is 1. The Hall–Kier alpha value is -2.51. The van der Waals surface area contributed by atoms with E-state index < -0.39 is 11.5 Å². The van der Waals surface area contributed by atoms with E-state index in [0.717, 1.165) is 22.3 Å². The van der Waals surface area contributed by atoms with E-state index >= 15 is 0 Å². The third kappa shape index (κ3) is 3.97. The van der Waals surface area contributed by atoms with Crippen LogP contribution >= 0.6 is 0 Å². The lowest BCUT2D eigenvalue weighted by Crippen LogP contribution is -2.39. The maximum absolute atomic E-state index is 13.7. The fourth-order valence-electron chi connectivity index (χ4n) is 4.03. The Balaban J connectivity index is 2.19. The zero-order chi connectivity index (χ0) is 21.3. The number of pyridine rings is 1. The van der Waals surface area contributed by atoms with Crippen LogP contribution in [0.2, 0.25) is 0 Å². The first-order chi connectivity index (χ1) is 13.7. The van der Waals surface area contributed by atoms with Crippen LogP contribution in [0.15, 0.2) is 30.5 Å². The van der Waals surface area contributed by atoms with Gasteiger partial charge in [-0.3, -0.25) is 4.79 Å². The minimum Gasteiger partial charge on any atom is -0.394 e. The number of likely N-dealkylation sites (N-methyl/N-ethyl adjacent to an activating group) is 1. The summed E-state index contributed by atoms with van der Waals surface area (Å²) in [6.07, 6.45) is 1.60. The molecule has 1 aromatic heterocycles. The summed E-state index contributed by atoms with van der Waals surface area (Å²) in [6, 6.07) is 6.20. The molecule has 3 N–H and O–H groups in total. The summed E-state index contributed by atoms with van der Waals surface area (Å²) in [5.74, 6) is 0.129. The number of halogens is 1. The largest absolute Gasteiger partial charge is 0.394 e. The molecule has 3 rings (SSSR count). The van der Waals surface area contributed by atoms with Crippen molar-refractivity contribution in [1.82, 2.24) is 10.3 Å². The molecule has 1 aliphatic rings. The second kappa shape index (κ2) is 8.08. The number of hydrogen-bond acceptors (Lipinski definition) is 5. The summed E-state index contributed by atoms with van der Waals surface area (Å²) in [6.45, 7) is 5.75. The Bertz CT molecular complexity index is 916. The first kappa shape index (κ1) is 21.2. The highest BCUT2D eigenvalue weighted by molar-refractivity contribution is 5.90. The molecule has 1 aliphatic heterocycles. The van der Waals surface area contributed by atoms with E-state index in [4.69, 9.17) is 0 Å². The molecule has 0 bridgehead atoms. The van der Waals surface area contributed by atoms with Crippen molar-refractivity contribution < 1.29 is 19.4 Å². The molecule has 1 aromatic carbocycles. The summed E-state index contributed by atoms with van der Waals surface area (Å²) in [4.78, 5) is 19.0. The van der Waals surface area contributed by atoms with Gasteiger partial charge in [-0.05, 0) is 67.6 Å². The maximum Gasteiger partial charge on any atom is 0.229 e. The van der Waals surface area contributed by atoms with Crippen LogP contribution < -0.4 is 10.2 Å². The van der Waals surface area contributed by atoms with E-state index in [9.17, 15) is 19.4 Å². The standard InChI is InChI=1S/C22H28FN3O3/c1-13-7-14(23)5-6-17(13)18-9-20(26-11-16(28)8-15(26)12-27)25-10-19(18)22(2,3)21(29)24-4/h5-7,9-10,15-16,27-28H,8,11-12H2,1-4H3,(H,24,29). The Labute approximate surface area is 170 Å². The van der Waals surface area contributed by atoms with Crippen molar-refractivity contribution in [1.29, 1.82) is 0 Å². The van der Waals surface area contributed by atoms with Crippen LogP contribution in [0.3, 0.4) is 0 Å². The van der Waals surface area contributed by atoms with Crippen LogP contribution in [-0.4, -0.2) is 53.4 Å². The molecule has 1 amide bonds. The van der Waals surface area contributed by atoms with Gasteiger partial charge in [-0.15, -0.1) is 0 Å². The summed E-state index contributed by atoms with van der Waals surface area (Å²) in [7, 11) is 1.59. The fraction of sp³-hybridized carbons (Fsp3) is 0.455. The Morgan fingerprint density at radius 3 is 2.69 bits per heavy atom. The highest BCUT2D eigenvalue weighted by atomic mass is 19.1. The number of aliphatic hydroxyl groups is 2. The number of rotatable bonds is 5. The average molecular weight is 401 g/mol. The highest BCUT2D eigenvalue weighted by Gasteiger charge is 2.35. The third-order valence-corrected chi connectivity index (χ3v) is 5.73. The van der Waals surface area contributed by atoms with E-state index in [2.05, 4.69) is 10.3 Å². The molecule has 0 saturated carbocycles. The number of hydrogen-bond donors (Lipinski definition) is 3. The second-order valence-corrected chi connectivity index (χ2v) is 8.13. The lowest BCUT2D eigenvalue weighted by molar-refractivity contribution is -0.125. The van der Waals surface area contributed by atoms with E-state index in [0.29, 0.717) is 18.8 Å². The van der Waals surface area contributed by atoms with Gasteiger partial charge in [0.2, 0.25) is 5.91 Å². The van der Waals surface area contributed by atoms with Gasteiger partial charge >= 0.3 is 0 Å². The summed E-state index contributed by atoms with van der Waals surface area (Å²) >= 11 is 0. The maximum atomic E-state index is 13.7. The van der Waals surface area contributed by atoms with Crippen LogP contribution in [0.25, 0.3) is 11.1 Å². The zero-order valence-electron chi connectivity index (χ0n) is 17.2. The first-order valence-electron chi connectivity index (χ1n) is 9.73. The molecule has 2 unspecified atom stereocenters. The molecule has 7 heteroatoms. The number of amides is 1. The SMILES string of the molecule is CNC(=O)C(C)(C)c1cnc(N2CC(O)CC2CO)cc1-c1ccc(F)cc1C. The van der Waals surface area contributed by atoms with Gasteiger partial charge in [0.15, 0.2) is 0 Å². The van der Waals surface area contributed by atoms with Gasteiger partial charge in [0.1, 0.15) is 11.6 Å². The molecule has 1 fully saturated rings. The molecule has 0 spiro atoms. The van der Waals surface area contributed by atoms with Gasteiger partial charge in [0.25, 0.3) is 0 Å². The van der Waals surface area contributed by atoms with Crippen LogP contribution in [-0.2, 0) is 10.2 Å². The fourth-order valence-corrected chi connectivity index (χ4v) is 4.03. The van der Waals surface area contributed by atoms with Crippen molar-refractivity contribution in [3.8, 4) is 11.1 Å². The Morgan fingerprint density at radius 1 is 1.34 bits per heavy atom. The van der Waals surface area contributed by atoms with Gasteiger partial charge in [0, 0.05) is 19.8 Å². The van der Waals surface area contributed by atoms with Crippen molar-refractivity contribution in [2.24, 2.45) is 0 Å². The second-order valence-electron chi connectivity index (χ2n) is 8.13. The van der Waals surface area contributed by atoms with E-state index in [1.165, 1.54) is 12.1 Å².